The molecule has 0 aromatic carbocycles. The van der Waals surface area contributed by atoms with Crippen LogP contribution in [0.25, 0.3) is 0 Å². The molecular formula is C15H23NO2. The molecule has 1 heterocycles. The maximum Gasteiger partial charge on any atom is 0.230 e. The Bertz CT molecular complexity index is 369. The van der Waals surface area contributed by atoms with Gasteiger partial charge in [0.1, 0.15) is 0 Å². The Kier molecular flexibility index (Phi) is 2.95. The highest BCUT2D eigenvalue weighted by Gasteiger charge is 2.50. The quantitative estimate of drug-likeness (QED) is 0.782. The largest absolute Gasteiger partial charge is 0.296 e. The van der Waals surface area contributed by atoms with Crippen LogP contribution in [0, 0.1) is 23.2 Å². The molecule has 100 valence electrons. The third-order valence-electron chi connectivity index (χ3n) is 5.18. The van der Waals surface area contributed by atoms with E-state index >= 15 is 0 Å². The molecule has 0 bridgehead atoms. The minimum Gasteiger partial charge on any atom is -0.296 e. The number of hydrogen-bond donors (Lipinski definition) is 1. The first kappa shape index (κ1) is 12.2. The van der Waals surface area contributed by atoms with Crippen molar-refractivity contribution in [1.29, 1.82) is 0 Å². The molecule has 0 spiro atoms. The van der Waals surface area contributed by atoms with Crippen LogP contribution in [-0.2, 0) is 9.59 Å². The van der Waals surface area contributed by atoms with E-state index in [1.54, 1.807) is 0 Å². The van der Waals surface area contributed by atoms with E-state index in [0.717, 1.165) is 12.3 Å². The molecule has 3 rings (SSSR count). The van der Waals surface area contributed by atoms with Gasteiger partial charge >= 0.3 is 0 Å². The standard InChI is InChI=1S/C15H23NO2/c1-15(8-10-6-7-10)9-12(17)16-14(18)13(15)11-4-2-3-5-11/h10-11,13H,2-9H2,1H3,(H,16,17,18). The maximum absolute atomic E-state index is 12.3. The molecule has 1 saturated heterocycles. The van der Waals surface area contributed by atoms with Gasteiger partial charge in [0.05, 0.1) is 0 Å². The van der Waals surface area contributed by atoms with Crippen LogP contribution in [0.2, 0.25) is 0 Å². The fourth-order valence-electron chi connectivity index (χ4n) is 4.31. The summed E-state index contributed by atoms with van der Waals surface area (Å²) in [5.41, 5.74) is -0.0738. The first-order chi connectivity index (χ1) is 8.58. The van der Waals surface area contributed by atoms with Crippen molar-refractivity contribution >= 4 is 11.8 Å². The van der Waals surface area contributed by atoms with Crippen LogP contribution in [0.15, 0.2) is 0 Å². The van der Waals surface area contributed by atoms with Crippen molar-refractivity contribution in [2.75, 3.05) is 0 Å². The zero-order valence-corrected chi connectivity index (χ0v) is 11.2. The lowest BCUT2D eigenvalue weighted by Gasteiger charge is -2.43. The summed E-state index contributed by atoms with van der Waals surface area (Å²) in [5, 5.41) is 2.58. The molecule has 0 radical (unpaired) electrons. The monoisotopic (exact) mass is 249 g/mol. The molecule has 2 unspecified atom stereocenters. The molecule has 18 heavy (non-hydrogen) atoms. The SMILES string of the molecule is CC1(CC2CC2)CC(=O)NC(=O)C1C1CCCC1. The fraction of sp³-hybridized carbons (Fsp3) is 0.867. The van der Waals surface area contributed by atoms with Crippen LogP contribution in [-0.4, -0.2) is 11.8 Å². The predicted molar refractivity (Wildman–Crippen MR) is 68.7 cm³/mol. The van der Waals surface area contributed by atoms with Crippen LogP contribution < -0.4 is 5.32 Å². The van der Waals surface area contributed by atoms with Crippen LogP contribution in [0.5, 0.6) is 0 Å². The van der Waals surface area contributed by atoms with Crippen LogP contribution >= 0.6 is 0 Å². The molecule has 1 N–H and O–H groups in total. The lowest BCUT2D eigenvalue weighted by molar-refractivity contribution is -0.146. The predicted octanol–water partition coefficient (Wildman–Crippen LogP) is 2.65. The lowest BCUT2D eigenvalue weighted by atomic mass is 9.63. The van der Waals surface area contributed by atoms with E-state index in [1.807, 2.05) is 0 Å². The van der Waals surface area contributed by atoms with E-state index in [0.29, 0.717) is 12.3 Å². The lowest BCUT2D eigenvalue weighted by Crippen LogP contribution is -2.53. The third-order valence-corrected chi connectivity index (χ3v) is 5.18. The molecular weight excluding hydrogens is 226 g/mol. The highest BCUT2D eigenvalue weighted by molar-refractivity contribution is 5.99. The molecule has 0 aromatic rings. The second kappa shape index (κ2) is 4.36. The average molecular weight is 249 g/mol. The minimum absolute atomic E-state index is 0.0151. The second-order valence-electron chi connectivity index (χ2n) is 6.91. The van der Waals surface area contributed by atoms with Gasteiger partial charge in [-0.25, -0.2) is 0 Å². The van der Waals surface area contributed by atoms with Gasteiger partial charge in [0.25, 0.3) is 0 Å². The zero-order chi connectivity index (χ0) is 12.8. The summed E-state index contributed by atoms with van der Waals surface area (Å²) >= 11 is 0. The Morgan fingerprint density at radius 1 is 1.17 bits per heavy atom. The van der Waals surface area contributed by atoms with Crippen molar-refractivity contribution in [3.05, 3.63) is 0 Å². The molecule has 2 amide bonds. The molecule has 3 heteroatoms. The number of carbonyl (C=O) groups is 2. The summed E-state index contributed by atoms with van der Waals surface area (Å²) in [4.78, 5) is 24.0. The zero-order valence-electron chi connectivity index (χ0n) is 11.2. The number of imide groups is 1. The molecule has 3 nitrogen and oxygen atoms in total. The minimum atomic E-state index is -0.0738. The van der Waals surface area contributed by atoms with Crippen molar-refractivity contribution in [2.24, 2.45) is 23.2 Å². The maximum atomic E-state index is 12.3. The molecule has 0 aromatic heterocycles. The number of amides is 2. The summed E-state index contributed by atoms with van der Waals surface area (Å²) in [5.74, 6) is 1.33. The first-order valence-corrected chi connectivity index (χ1v) is 7.42. The van der Waals surface area contributed by atoms with Crippen molar-refractivity contribution in [3.63, 3.8) is 0 Å². The summed E-state index contributed by atoms with van der Waals surface area (Å²) in [7, 11) is 0. The van der Waals surface area contributed by atoms with Gasteiger partial charge in [-0.1, -0.05) is 32.6 Å². The molecule has 2 aliphatic carbocycles. The number of rotatable bonds is 3. The average Bonchev–Trinajstić information content (AvgIpc) is 2.91. The van der Waals surface area contributed by atoms with E-state index in [1.165, 1.54) is 38.5 Å². The normalized spacial score (nSPS) is 37.9. The molecule has 1 aliphatic heterocycles. The highest BCUT2D eigenvalue weighted by atomic mass is 16.2. The van der Waals surface area contributed by atoms with Crippen LogP contribution in [0.1, 0.15) is 58.3 Å². The van der Waals surface area contributed by atoms with E-state index < -0.39 is 0 Å². The molecule has 3 aliphatic rings. The van der Waals surface area contributed by atoms with Crippen molar-refractivity contribution in [2.45, 2.75) is 58.3 Å². The van der Waals surface area contributed by atoms with Gasteiger partial charge < -0.3 is 0 Å². The van der Waals surface area contributed by atoms with Gasteiger partial charge in [-0.2, -0.15) is 0 Å². The number of hydrogen-bond acceptors (Lipinski definition) is 2. The Morgan fingerprint density at radius 3 is 2.44 bits per heavy atom. The summed E-state index contributed by atoms with van der Waals surface area (Å²) in [6, 6.07) is 0. The number of carbonyl (C=O) groups excluding carboxylic acids is 2. The highest BCUT2D eigenvalue weighted by Crippen LogP contribution is 2.51. The van der Waals surface area contributed by atoms with Gasteiger partial charge in [-0.15, -0.1) is 0 Å². The Hall–Kier alpha value is -0.860. The van der Waals surface area contributed by atoms with E-state index in [-0.39, 0.29) is 23.1 Å². The van der Waals surface area contributed by atoms with Gasteiger partial charge in [0.15, 0.2) is 0 Å². The van der Waals surface area contributed by atoms with Crippen LogP contribution in [0.3, 0.4) is 0 Å². The Morgan fingerprint density at radius 2 is 1.83 bits per heavy atom. The summed E-state index contributed by atoms with van der Waals surface area (Å²) in [6.45, 7) is 2.19. The second-order valence-corrected chi connectivity index (χ2v) is 6.91. The smallest absolute Gasteiger partial charge is 0.230 e. The van der Waals surface area contributed by atoms with Crippen molar-refractivity contribution < 1.29 is 9.59 Å². The van der Waals surface area contributed by atoms with Crippen molar-refractivity contribution in [1.82, 2.24) is 5.32 Å². The van der Waals surface area contributed by atoms with E-state index in [2.05, 4.69) is 12.2 Å². The fourth-order valence-corrected chi connectivity index (χ4v) is 4.31. The van der Waals surface area contributed by atoms with Crippen molar-refractivity contribution in [3.8, 4) is 0 Å². The Labute approximate surface area is 109 Å². The topological polar surface area (TPSA) is 46.2 Å². The third kappa shape index (κ3) is 2.19. The van der Waals surface area contributed by atoms with E-state index in [4.69, 9.17) is 0 Å². The molecule has 2 atom stereocenters. The first-order valence-electron chi connectivity index (χ1n) is 7.42. The van der Waals surface area contributed by atoms with Gasteiger partial charge in [-0.05, 0) is 36.5 Å². The van der Waals surface area contributed by atoms with Gasteiger partial charge in [-0.3, -0.25) is 14.9 Å². The van der Waals surface area contributed by atoms with Gasteiger partial charge in [0, 0.05) is 12.3 Å². The summed E-state index contributed by atoms with van der Waals surface area (Å²) in [6.07, 6.45) is 9.07. The Balaban J connectivity index is 1.83. The van der Waals surface area contributed by atoms with Crippen LogP contribution in [0.4, 0.5) is 0 Å². The molecule has 2 saturated carbocycles. The number of nitrogens with one attached hydrogen (secondary N) is 1. The van der Waals surface area contributed by atoms with E-state index in [9.17, 15) is 9.59 Å². The number of piperidine rings is 1. The summed E-state index contributed by atoms with van der Waals surface area (Å²) < 4.78 is 0. The van der Waals surface area contributed by atoms with Gasteiger partial charge in [0.2, 0.25) is 11.8 Å². The molecule has 3 fully saturated rings.